The third-order valence-corrected chi connectivity index (χ3v) is 4.68. The lowest BCUT2D eigenvalue weighted by atomic mass is 10.1. The van der Waals surface area contributed by atoms with Gasteiger partial charge in [0.15, 0.2) is 11.5 Å². The summed E-state index contributed by atoms with van der Waals surface area (Å²) >= 11 is 0. The van der Waals surface area contributed by atoms with Crippen LogP contribution in [0.3, 0.4) is 0 Å². The Hall–Kier alpha value is -3.33. The van der Waals surface area contributed by atoms with Crippen molar-refractivity contribution < 1.29 is 9.53 Å². The summed E-state index contributed by atoms with van der Waals surface area (Å²) in [6, 6.07) is 7.64. The molecule has 3 rings (SSSR count). The minimum atomic E-state index is -0.606. The maximum Gasteiger partial charge on any atom is 0.332 e. The van der Waals surface area contributed by atoms with Gasteiger partial charge in [0.25, 0.3) is 5.56 Å². The van der Waals surface area contributed by atoms with Gasteiger partial charge in [-0.2, -0.15) is 0 Å². The predicted molar refractivity (Wildman–Crippen MR) is 113 cm³/mol. The first-order chi connectivity index (χ1) is 14.4. The maximum absolute atomic E-state index is 12.8. The molecule has 0 spiro atoms. The molecule has 9 nitrogen and oxygen atoms in total. The highest BCUT2D eigenvalue weighted by atomic mass is 16.5. The molecule has 0 unspecified atom stereocenters. The Kier molecular flexibility index (Phi) is 6.73. The van der Waals surface area contributed by atoms with E-state index in [9.17, 15) is 14.4 Å². The molecule has 0 saturated carbocycles. The van der Waals surface area contributed by atoms with Crippen molar-refractivity contribution in [1.82, 2.24) is 24.4 Å². The van der Waals surface area contributed by atoms with Crippen molar-refractivity contribution in [2.24, 2.45) is 7.05 Å². The molecule has 0 aliphatic carbocycles. The van der Waals surface area contributed by atoms with Crippen LogP contribution >= 0.6 is 0 Å². The van der Waals surface area contributed by atoms with Crippen molar-refractivity contribution in [3.8, 4) is 11.4 Å². The third kappa shape index (κ3) is 4.62. The molecule has 1 N–H and O–H groups in total. The van der Waals surface area contributed by atoms with Gasteiger partial charge in [-0.3, -0.25) is 18.7 Å². The fourth-order valence-corrected chi connectivity index (χ4v) is 3.01. The van der Waals surface area contributed by atoms with Gasteiger partial charge in [-0.05, 0) is 20.3 Å². The number of aromatic nitrogens is 4. The van der Waals surface area contributed by atoms with Crippen molar-refractivity contribution in [3.63, 3.8) is 0 Å². The normalized spacial score (nSPS) is 11.0. The SMILES string of the molecule is CCOCCCNC(=O)Cn1c(=O)c2cnc(-c3ccc(C)cc3)nc2n(C)c1=O. The molecule has 0 fully saturated rings. The van der Waals surface area contributed by atoms with Gasteiger partial charge in [-0.1, -0.05) is 29.8 Å². The smallest absolute Gasteiger partial charge is 0.332 e. The Balaban J connectivity index is 1.88. The van der Waals surface area contributed by atoms with Gasteiger partial charge in [0.05, 0.1) is 0 Å². The zero-order valence-electron chi connectivity index (χ0n) is 17.3. The van der Waals surface area contributed by atoms with Gasteiger partial charge in [0.1, 0.15) is 11.9 Å². The van der Waals surface area contributed by atoms with Crippen LogP contribution in [0.5, 0.6) is 0 Å². The summed E-state index contributed by atoms with van der Waals surface area (Å²) in [6.07, 6.45) is 2.05. The molecule has 9 heteroatoms. The number of hydrogen-bond donors (Lipinski definition) is 1. The van der Waals surface area contributed by atoms with E-state index >= 15 is 0 Å². The molecule has 0 aliphatic heterocycles. The van der Waals surface area contributed by atoms with Crippen LogP contribution in [0.25, 0.3) is 22.4 Å². The van der Waals surface area contributed by atoms with Crippen LogP contribution in [0.4, 0.5) is 0 Å². The Labute approximate surface area is 173 Å². The van der Waals surface area contributed by atoms with Crippen LogP contribution in [0.2, 0.25) is 0 Å². The van der Waals surface area contributed by atoms with Crippen LogP contribution in [0.15, 0.2) is 40.1 Å². The standard InChI is InChI=1S/C21H25N5O4/c1-4-30-11-5-10-22-17(27)13-26-20(28)16-12-23-18(15-8-6-14(2)7-9-15)24-19(16)25(3)21(26)29/h6-9,12H,4-5,10-11,13H2,1-3H3,(H,22,27). The molecule has 0 aliphatic rings. The molecule has 30 heavy (non-hydrogen) atoms. The Morgan fingerprint density at radius 3 is 2.63 bits per heavy atom. The van der Waals surface area contributed by atoms with Crippen LogP contribution in [-0.4, -0.2) is 44.8 Å². The van der Waals surface area contributed by atoms with E-state index in [1.807, 2.05) is 38.1 Å². The molecule has 2 aromatic heterocycles. The maximum atomic E-state index is 12.8. The van der Waals surface area contributed by atoms with E-state index in [0.29, 0.717) is 32.0 Å². The Morgan fingerprint density at radius 2 is 1.93 bits per heavy atom. The molecule has 0 atom stereocenters. The summed E-state index contributed by atoms with van der Waals surface area (Å²) in [4.78, 5) is 46.4. The summed E-state index contributed by atoms with van der Waals surface area (Å²) in [5.41, 5.74) is 0.916. The van der Waals surface area contributed by atoms with E-state index in [0.717, 1.165) is 15.7 Å². The average Bonchev–Trinajstić information content (AvgIpc) is 2.75. The second-order valence-corrected chi connectivity index (χ2v) is 6.93. The average molecular weight is 411 g/mol. The Bertz CT molecular complexity index is 1160. The number of aryl methyl sites for hydroxylation is 2. The first-order valence-corrected chi connectivity index (χ1v) is 9.80. The summed E-state index contributed by atoms with van der Waals surface area (Å²) in [5, 5.41) is 2.87. The second-order valence-electron chi connectivity index (χ2n) is 6.93. The van der Waals surface area contributed by atoms with Gasteiger partial charge in [-0.15, -0.1) is 0 Å². The quantitative estimate of drug-likeness (QED) is 0.554. The van der Waals surface area contributed by atoms with E-state index in [2.05, 4.69) is 15.3 Å². The molecular formula is C21H25N5O4. The van der Waals surface area contributed by atoms with Crippen LogP contribution < -0.4 is 16.6 Å². The van der Waals surface area contributed by atoms with Crippen molar-refractivity contribution in [2.75, 3.05) is 19.8 Å². The first-order valence-electron chi connectivity index (χ1n) is 9.80. The largest absolute Gasteiger partial charge is 0.382 e. The summed E-state index contributed by atoms with van der Waals surface area (Å²) in [5.74, 6) is 0.00364. The minimum absolute atomic E-state index is 0.178. The third-order valence-electron chi connectivity index (χ3n) is 4.68. The summed E-state index contributed by atoms with van der Waals surface area (Å²) < 4.78 is 7.37. The second kappa shape index (κ2) is 9.45. The lowest BCUT2D eigenvalue weighted by molar-refractivity contribution is -0.121. The number of carbonyl (C=O) groups excluding carboxylic acids is 1. The molecule has 2 heterocycles. The van der Waals surface area contributed by atoms with E-state index in [1.165, 1.54) is 17.8 Å². The molecule has 0 bridgehead atoms. The number of nitrogens with one attached hydrogen (secondary N) is 1. The monoisotopic (exact) mass is 411 g/mol. The molecular weight excluding hydrogens is 386 g/mol. The number of amides is 1. The first kappa shape index (κ1) is 21.4. The highest BCUT2D eigenvalue weighted by Crippen LogP contribution is 2.16. The van der Waals surface area contributed by atoms with Gasteiger partial charge in [0.2, 0.25) is 5.91 Å². The summed E-state index contributed by atoms with van der Waals surface area (Å²) in [6.45, 7) is 5.07. The van der Waals surface area contributed by atoms with E-state index in [-0.39, 0.29) is 17.6 Å². The number of carbonyl (C=O) groups is 1. The molecule has 0 radical (unpaired) electrons. The predicted octanol–water partition coefficient (Wildman–Crippen LogP) is 1.01. The fourth-order valence-electron chi connectivity index (χ4n) is 3.01. The zero-order valence-corrected chi connectivity index (χ0v) is 17.3. The number of rotatable bonds is 8. The van der Waals surface area contributed by atoms with Crippen LogP contribution in [0.1, 0.15) is 18.9 Å². The van der Waals surface area contributed by atoms with E-state index < -0.39 is 17.2 Å². The van der Waals surface area contributed by atoms with E-state index in [4.69, 9.17) is 4.74 Å². The molecule has 0 saturated heterocycles. The van der Waals surface area contributed by atoms with Gasteiger partial charge in [-0.25, -0.2) is 14.8 Å². The number of fused-ring (bicyclic) bond motifs is 1. The lowest BCUT2D eigenvalue weighted by Gasteiger charge is -2.11. The number of hydrogen-bond acceptors (Lipinski definition) is 6. The minimum Gasteiger partial charge on any atom is -0.382 e. The van der Waals surface area contributed by atoms with Crippen molar-refractivity contribution in [2.45, 2.75) is 26.8 Å². The van der Waals surface area contributed by atoms with Crippen molar-refractivity contribution >= 4 is 16.9 Å². The van der Waals surface area contributed by atoms with Gasteiger partial charge in [0, 0.05) is 38.6 Å². The molecule has 1 amide bonds. The van der Waals surface area contributed by atoms with Gasteiger partial charge >= 0.3 is 5.69 Å². The Morgan fingerprint density at radius 1 is 1.20 bits per heavy atom. The van der Waals surface area contributed by atoms with Crippen molar-refractivity contribution in [3.05, 3.63) is 56.9 Å². The number of benzene rings is 1. The molecule has 1 aromatic carbocycles. The number of nitrogens with zero attached hydrogens (tertiary/aromatic N) is 4. The zero-order chi connectivity index (χ0) is 21.7. The molecule has 3 aromatic rings. The highest BCUT2D eigenvalue weighted by Gasteiger charge is 2.16. The van der Waals surface area contributed by atoms with Crippen molar-refractivity contribution in [1.29, 1.82) is 0 Å². The molecule has 158 valence electrons. The van der Waals surface area contributed by atoms with Crippen LogP contribution in [0, 0.1) is 6.92 Å². The van der Waals surface area contributed by atoms with Gasteiger partial charge < -0.3 is 10.1 Å². The highest BCUT2D eigenvalue weighted by molar-refractivity contribution is 5.78. The van der Waals surface area contributed by atoms with Crippen LogP contribution in [-0.2, 0) is 23.1 Å². The summed E-state index contributed by atoms with van der Waals surface area (Å²) in [7, 11) is 1.52. The fraction of sp³-hybridized carbons (Fsp3) is 0.381. The van der Waals surface area contributed by atoms with E-state index in [1.54, 1.807) is 0 Å². The number of ether oxygens (including phenoxy) is 1. The lowest BCUT2D eigenvalue weighted by Crippen LogP contribution is -2.43. The topological polar surface area (TPSA) is 108 Å².